The molecule has 68 valence electrons. The van der Waals surface area contributed by atoms with Gasteiger partial charge < -0.3 is 15.2 Å². The van der Waals surface area contributed by atoms with Crippen molar-refractivity contribution in [3.63, 3.8) is 0 Å². The number of hydrogen-bond acceptors (Lipinski definition) is 4. The first kappa shape index (κ1) is 10.6. The van der Waals surface area contributed by atoms with Crippen LogP contribution < -0.4 is 5.73 Å². The minimum atomic E-state index is -0.333. The molecule has 1 amide bonds. The van der Waals surface area contributed by atoms with Crippen LogP contribution in [0.5, 0.6) is 0 Å². The summed E-state index contributed by atoms with van der Waals surface area (Å²) in [5, 5.41) is 7.00. The van der Waals surface area contributed by atoms with Gasteiger partial charge in [-0.15, -0.1) is 0 Å². The Bertz CT molecular complexity index is 197. The lowest BCUT2D eigenvalue weighted by molar-refractivity contribution is -0.115. The summed E-state index contributed by atoms with van der Waals surface area (Å²) in [4.78, 5) is 9.22. The zero-order valence-electron chi connectivity index (χ0n) is 7.03. The Kier molecular flexibility index (Phi) is 4.71. The third-order valence-electron chi connectivity index (χ3n) is 0.961. The molecule has 3 N–H and O–H groups in total. The largest absolute Gasteiger partial charge is 0.448 e. The summed E-state index contributed by atoms with van der Waals surface area (Å²) in [6.45, 7) is 1.31. The molecule has 0 saturated carbocycles. The fourth-order valence-corrected chi connectivity index (χ4v) is 0.524. The number of nitrogens with one attached hydrogen (secondary N) is 1. The molecule has 0 aromatic carbocycles. The Hall–Kier alpha value is -1.36. The molecule has 0 radical (unpaired) electrons. The van der Waals surface area contributed by atoms with E-state index in [1.807, 2.05) is 0 Å². The number of primary amides is 1. The second-order valence-electron chi connectivity index (χ2n) is 2.08. The number of ether oxygens (including phenoxy) is 2. The first-order chi connectivity index (χ1) is 5.57. The van der Waals surface area contributed by atoms with Crippen molar-refractivity contribution < 1.29 is 14.3 Å². The zero-order chi connectivity index (χ0) is 9.56. The van der Waals surface area contributed by atoms with Gasteiger partial charge in [-0.1, -0.05) is 0 Å². The fourth-order valence-electron chi connectivity index (χ4n) is 0.524. The van der Waals surface area contributed by atoms with Crippen molar-refractivity contribution >= 4 is 11.8 Å². The number of methoxy groups -OCH3 is 1. The standard InChI is InChI=1S/C5H7NO2.C2H5NO/c1-7-4-2-3-8-5(4)6;1-2(3)4/h2-4,6H,1H3;1H3,(H2,3,4). The lowest BCUT2D eigenvalue weighted by atomic mass is 10.4. The highest BCUT2D eigenvalue weighted by Gasteiger charge is 2.15. The number of rotatable bonds is 1. The fraction of sp³-hybridized carbons (Fsp3) is 0.429. The maximum absolute atomic E-state index is 9.22. The smallest absolute Gasteiger partial charge is 0.219 e. The van der Waals surface area contributed by atoms with Gasteiger partial charge in [-0.25, -0.2) is 0 Å². The maximum Gasteiger partial charge on any atom is 0.219 e. The molecule has 0 spiro atoms. The van der Waals surface area contributed by atoms with Gasteiger partial charge in [-0.05, 0) is 6.08 Å². The van der Waals surface area contributed by atoms with Crippen LogP contribution in [0.1, 0.15) is 6.92 Å². The summed E-state index contributed by atoms with van der Waals surface area (Å²) in [6, 6.07) is 0. The van der Waals surface area contributed by atoms with Gasteiger partial charge in [-0.2, -0.15) is 0 Å². The van der Waals surface area contributed by atoms with Crippen LogP contribution in [0.3, 0.4) is 0 Å². The Balaban J connectivity index is 0.000000261. The highest BCUT2D eigenvalue weighted by molar-refractivity contribution is 5.82. The maximum atomic E-state index is 9.22. The van der Waals surface area contributed by atoms with Crippen molar-refractivity contribution in [3.8, 4) is 0 Å². The van der Waals surface area contributed by atoms with Crippen molar-refractivity contribution in [1.29, 1.82) is 5.41 Å². The second kappa shape index (κ2) is 5.31. The molecule has 0 aliphatic carbocycles. The predicted molar refractivity (Wildman–Crippen MR) is 43.6 cm³/mol. The zero-order valence-corrected chi connectivity index (χ0v) is 7.03. The number of hydrogen-bond donors (Lipinski definition) is 2. The molecular formula is C7H12N2O3. The van der Waals surface area contributed by atoms with Crippen LogP contribution in [0.25, 0.3) is 0 Å². The van der Waals surface area contributed by atoms with Gasteiger partial charge in [0.05, 0.1) is 6.26 Å². The van der Waals surface area contributed by atoms with Gasteiger partial charge in [0.2, 0.25) is 11.8 Å². The summed E-state index contributed by atoms with van der Waals surface area (Å²) in [5.41, 5.74) is 4.47. The molecule has 5 nitrogen and oxygen atoms in total. The third-order valence-corrected chi connectivity index (χ3v) is 0.961. The van der Waals surface area contributed by atoms with E-state index in [2.05, 4.69) is 10.5 Å². The van der Waals surface area contributed by atoms with Gasteiger partial charge in [0.1, 0.15) is 0 Å². The Morgan fingerprint density at radius 2 is 2.33 bits per heavy atom. The summed E-state index contributed by atoms with van der Waals surface area (Å²) in [5.74, 6) is -0.174. The number of nitrogens with two attached hydrogens (primary N) is 1. The average molecular weight is 172 g/mol. The molecule has 12 heavy (non-hydrogen) atoms. The molecule has 0 aromatic heterocycles. The molecule has 1 heterocycles. The molecule has 1 atom stereocenters. The highest BCUT2D eigenvalue weighted by atomic mass is 16.5. The van der Waals surface area contributed by atoms with Gasteiger partial charge >= 0.3 is 0 Å². The first-order valence-corrected chi connectivity index (χ1v) is 3.28. The normalized spacial score (nSPS) is 19.5. The van der Waals surface area contributed by atoms with Crippen LogP contribution in [0.2, 0.25) is 0 Å². The minimum Gasteiger partial charge on any atom is -0.448 e. The summed E-state index contributed by atoms with van der Waals surface area (Å²) in [6.07, 6.45) is 2.88. The molecule has 1 unspecified atom stereocenters. The van der Waals surface area contributed by atoms with E-state index in [0.717, 1.165) is 0 Å². The summed E-state index contributed by atoms with van der Waals surface area (Å²) in [7, 11) is 1.54. The van der Waals surface area contributed by atoms with E-state index in [0.29, 0.717) is 0 Å². The van der Waals surface area contributed by atoms with E-state index in [4.69, 9.17) is 10.1 Å². The van der Waals surface area contributed by atoms with E-state index in [9.17, 15) is 4.79 Å². The molecule has 0 aromatic rings. The van der Waals surface area contributed by atoms with Crippen LogP contribution in [-0.4, -0.2) is 25.0 Å². The molecule has 1 aliphatic rings. The quantitative estimate of drug-likeness (QED) is 0.584. The number of carbonyl (C=O) groups excluding carboxylic acids is 1. The Labute approximate surface area is 70.7 Å². The Morgan fingerprint density at radius 3 is 2.50 bits per heavy atom. The molecule has 5 heteroatoms. The van der Waals surface area contributed by atoms with Gasteiger partial charge in [-0.3, -0.25) is 10.2 Å². The molecule has 1 aliphatic heterocycles. The lowest BCUT2D eigenvalue weighted by Crippen LogP contribution is -2.15. The predicted octanol–water partition coefficient (Wildman–Crippen LogP) is 0.0142. The van der Waals surface area contributed by atoms with Crippen LogP contribution in [-0.2, 0) is 14.3 Å². The molecular weight excluding hydrogens is 160 g/mol. The van der Waals surface area contributed by atoms with Crippen LogP contribution in [0, 0.1) is 5.41 Å². The molecule has 0 bridgehead atoms. The molecule has 1 rings (SSSR count). The van der Waals surface area contributed by atoms with E-state index in [1.54, 1.807) is 6.08 Å². The van der Waals surface area contributed by atoms with E-state index in [1.165, 1.54) is 20.3 Å². The van der Waals surface area contributed by atoms with E-state index in [-0.39, 0.29) is 17.9 Å². The van der Waals surface area contributed by atoms with Crippen molar-refractivity contribution in [2.75, 3.05) is 7.11 Å². The minimum absolute atomic E-state index is 0.160. The highest BCUT2D eigenvalue weighted by Crippen LogP contribution is 2.04. The monoisotopic (exact) mass is 172 g/mol. The van der Waals surface area contributed by atoms with Crippen molar-refractivity contribution in [2.45, 2.75) is 13.0 Å². The van der Waals surface area contributed by atoms with Gasteiger partial charge in [0, 0.05) is 14.0 Å². The SMILES string of the molecule is CC(N)=O.COC1C=COC1=N. The first-order valence-electron chi connectivity index (χ1n) is 3.28. The summed E-state index contributed by atoms with van der Waals surface area (Å²) < 4.78 is 9.42. The topological polar surface area (TPSA) is 85.4 Å². The van der Waals surface area contributed by atoms with Crippen LogP contribution in [0.15, 0.2) is 12.3 Å². The molecule has 0 fully saturated rings. The van der Waals surface area contributed by atoms with Crippen LogP contribution in [0.4, 0.5) is 0 Å². The third kappa shape index (κ3) is 4.45. The number of carbonyl (C=O) groups is 1. The number of amides is 1. The molecule has 0 saturated heterocycles. The average Bonchev–Trinajstić information content (AvgIpc) is 2.33. The second-order valence-corrected chi connectivity index (χ2v) is 2.08. The van der Waals surface area contributed by atoms with Crippen molar-refractivity contribution in [2.24, 2.45) is 5.73 Å². The lowest BCUT2D eigenvalue weighted by Gasteiger charge is -2.01. The van der Waals surface area contributed by atoms with E-state index >= 15 is 0 Å². The van der Waals surface area contributed by atoms with Crippen LogP contribution >= 0.6 is 0 Å². The summed E-state index contributed by atoms with van der Waals surface area (Å²) >= 11 is 0. The van der Waals surface area contributed by atoms with E-state index < -0.39 is 0 Å². The van der Waals surface area contributed by atoms with Gasteiger partial charge in [0.25, 0.3) is 0 Å². The van der Waals surface area contributed by atoms with Crippen molar-refractivity contribution in [3.05, 3.63) is 12.3 Å². The van der Waals surface area contributed by atoms with Gasteiger partial charge in [0.15, 0.2) is 6.10 Å². The Morgan fingerprint density at radius 1 is 1.83 bits per heavy atom. The van der Waals surface area contributed by atoms with Crippen molar-refractivity contribution in [1.82, 2.24) is 0 Å².